The van der Waals surface area contributed by atoms with Gasteiger partial charge in [0.15, 0.2) is 0 Å². The van der Waals surface area contributed by atoms with Crippen molar-refractivity contribution in [3.05, 3.63) is 100 Å². The molecule has 1 aromatic heterocycles. The molecule has 0 saturated heterocycles. The summed E-state index contributed by atoms with van der Waals surface area (Å²) in [5.74, 6) is 0. The van der Waals surface area contributed by atoms with Gasteiger partial charge in [-0.3, -0.25) is 10.1 Å². The highest BCUT2D eigenvalue weighted by molar-refractivity contribution is 6.30. The average Bonchev–Trinajstić information content (AvgIpc) is 3.14. The molecule has 0 spiro atoms. The third-order valence-electron chi connectivity index (χ3n) is 4.21. The fraction of sp³-hybridized carbons (Fsp3) is 0. The molecule has 5 nitrogen and oxygen atoms in total. The molecule has 132 valence electrons. The quantitative estimate of drug-likeness (QED) is 0.336. The lowest BCUT2D eigenvalue weighted by Gasteiger charge is -2.08. The van der Waals surface area contributed by atoms with Crippen molar-refractivity contribution in [3.63, 3.8) is 0 Å². The molecule has 6 heteroatoms. The van der Waals surface area contributed by atoms with Crippen molar-refractivity contribution in [2.24, 2.45) is 0 Å². The highest BCUT2D eigenvalue weighted by Gasteiger charge is 2.21. The average molecular weight is 376 g/mol. The second-order valence-corrected chi connectivity index (χ2v) is 6.39. The molecule has 0 bridgehead atoms. The molecule has 4 rings (SSSR count). The summed E-state index contributed by atoms with van der Waals surface area (Å²) in [6, 6.07) is 25.7. The Labute approximate surface area is 160 Å². The smallest absolute Gasteiger partial charge is 0.258 e. The van der Waals surface area contributed by atoms with Gasteiger partial charge in [0.1, 0.15) is 5.69 Å². The van der Waals surface area contributed by atoms with Gasteiger partial charge in [-0.25, -0.2) is 4.68 Å². The summed E-state index contributed by atoms with van der Waals surface area (Å²) in [7, 11) is 0. The number of hydrogen-bond acceptors (Lipinski definition) is 3. The number of benzene rings is 3. The lowest BCUT2D eigenvalue weighted by molar-refractivity contribution is -0.384. The van der Waals surface area contributed by atoms with Crippen LogP contribution >= 0.6 is 11.6 Å². The number of nitrogens with zero attached hydrogens (tertiary/aromatic N) is 3. The van der Waals surface area contributed by atoms with E-state index in [0.29, 0.717) is 10.7 Å². The largest absolute Gasteiger partial charge is 0.294 e. The van der Waals surface area contributed by atoms with Gasteiger partial charge in [0, 0.05) is 22.2 Å². The van der Waals surface area contributed by atoms with E-state index in [1.807, 2.05) is 66.7 Å². The van der Waals surface area contributed by atoms with Crippen LogP contribution in [0.15, 0.2) is 84.9 Å². The normalized spacial score (nSPS) is 10.7. The summed E-state index contributed by atoms with van der Waals surface area (Å²) < 4.78 is 1.58. The molecule has 0 aliphatic rings. The third-order valence-corrected chi connectivity index (χ3v) is 4.45. The first-order valence-electron chi connectivity index (χ1n) is 8.29. The molecule has 0 unspecified atom stereocenters. The molecule has 4 aromatic rings. The van der Waals surface area contributed by atoms with Gasteiger partial charge in [-0.15, -0.1) is 0 Å². The topological polar surface area (TPSA) is 61.0 Å². The zero-order valence-electron chi connectivity index (χ0n) is 14.1. The van der Waals surface area contributed by atoms with Crippen LogP contribution < -0.4 is 0 Å². The van der Waals surface area contributed by atoms with E-state index in [9.17, 15) is 10.1 Å². The standard InChI is InChI=1S/C21H14ClN3O2/c22-17-11-12-19(25(26)27)21(13-17)24-20(16-9-5-2-6-10-16)14-18(23-24)15-7-3-1-4-8-15/h1-14H. The van der Waals surface area contributed by atoms with Crippen molar-refractivity contribution in [1.82, 2.24) is 9.78 Å². The summed E-state index contributed by atoms with van der Waals surface area (Å²) in [4.78, 5) is 11.1. The first kappa shape index (κ1) is 17.0. The van der Waals surface area contributed by atoms with E-state index < -0.39 is 4.92 Å². The van der Waals surface area contributed by atoms with Crippen LogP contribution in [0.1, 0.15) is 0 Å². The van der Waals surface area contributed by atoms with Crippen molar-refractivity contribution in [2.45, 2.75) is 0 Å². The summed E-state index contributed by atoms with van der Waals surface area (Å²) >= 11 is 6.13. The molecule has 27 heavy (non-hydrogen) atoms. The van der Waals surface area contributed by atoms with E-state index in [1.54, 1.807) is 10.7 Å². The van der Waals surface area contributed by atoms with Crippen LogP contribution in [0.5, 0.6) is 0 Å². The maximum absolute atomic E-state index is 11.6. The van der Waals surface area contributed by atoms with Gasteiger partial charge in [-0.2, -0.15) is 5.10 Å². The van der Waals surface area contributed by atoms with Crippen LogP contribution in [0.2, 0.25) is 5.02 Å². The Morgan fingerprint density at radius 2 is 1.48 bits per heavy atom. The van der Waals surface area contributed by atoms with Gasteiger partial charge in [-0.05, 0) is 18.2 Å². The van der Waals surface area contributed by atoms with Crippen molar-refractivity contribution in [2.75, 3.05) is 0 Å². The maximum atomic E-state index is 11.6. The van der Waals surface area contributed by atoms with Crippen molar-refractivity contribution < 1.29 is 4.92 Å². The fourth-order valence-corrected chi connectivity index (χ4v) is 3.12. The summed E-state index contributed by atoms with van der Waals surface area (Å²) in [6.07, 6.45) is 0. The second-order valence-electron chi connectivity index (χ2n) is 5.95. The maximum Gasteiger partial charge on any atom is 0.294 e. The second kappa shape index (κ2) is 7.05. The Bertz CT molecular complexity index is 1110. The van der Waals surface area contributed by atoms with E-state index in [1.165, 1.54) is 12.1 Å². The highest BCUT2D eigenvalue weighted by atomic mass is 35.5. The van der Waals surface area contributed by atoms with E-state index >= 15 is 0 Å². The molecule has 0 fully saturated rings. The molecule has 0 amide bonds. The molecular formula is C21H14ClN3O2. The summed E-state index contributed by atoms with van der Waals surface area (Å²) in [5.41, 5.74) is 3.58. The van der Waals surface area contributed by atoms with Crippen LogP contribution in [0.25, 0.3) is 28.2 Å². The Morgan fingerprint density at radius 1 is 0.852 bits per heavy atom. The molecule has 0 aliphatic heterocycles. The number of nitro benzene ring substituents is 1. The van der Waals surface area contributed by atoms with Gasteiger partial charge in [-0.1, -0.05) is 72.3 Å². The zero-order valence-corrected chi connectivity index (χ0v) is 14.9. The molecular weight excluding hydrogens is 362 g/mol. The van der Waals surface area contributed by atoms with Gasteiger partial charge < -0.3 is 0 Å². The first-order chi connectivity index (χ1) is 13.1. The van der Waals surface area contributed by atoms with Crippen molar-refractivity contribution >= 4 is 17.3 Å². The predicted octanol–water partition coefficient (Wildman–Crippen LogP) is 5.77. The minimum absolute atomic E-state index is 0.0562. The van der Waals surface area contributed by atoms with Gasteiger partial charge in [0.2, 0.25) is 0 Å². The molecule has 0 radical (unpaired) electrons. The van der Waals surface area contributed by atoms with Crippen LogP contribution in [0.4, 0.5) is 5.69 Å². The summed E-state index contributed by atoms with van der Waals surface area (Å²) in [6.45, 7) is 0. The molecule has 0 atom stereocenters. The third kappa shape index (κ3) is 3.32. The van der Waals surface area contributed by atoms with Crippen LogP contribution in [-0.2, 0) is 0 Å². The lowest BCUT2D eigenvalue weighted by atomic mass is 10.1. The summed E-state index contributed by atoms with van der Waals surface area (Å²) in [5, 5.41) is 16.6. The van der Waals surface area contributed by atoms with E-state index in [-0.39, 0.29) is 5.69 Å². The molecule has 0 N–H and O–H groups in total. The molecule has 0 saturated carbocycles. The first-order valence-corrected chi connectivity index (χ1v) is 8.66. The van der Waals surface area contributed by atoms with Gasteiger partial charge in [0.05, 0.1) is 16.3 Å². The Balaban J connectivity index is 1.99. The minimum atomic E-state index is -0.426. The lowest BCUT2D eigenvalue weighted by Crippen LogP contribution is -2.03. The van der Waals surface area contributed by atoms with E-state index in [4.69, 9.17) is 11.6 Å². The predicted molar refractivity (Wildman–Crippen MR) is 106 cm³/mol. The minimum Gasteiger partial charge on any atom is -0.258 e. The van der Waals surface area contributed by atoms with Crippen molar-refractivity contribution in [3.8, 4) is 28.2 Å². The Morgan fingerprint density at radius 3 is 2.11 bits per heavy atom. The number of nitro groups is 1. The fourth-order valence-electron chi connectivity index (χ4n) is 2.95. The van der Waals surface area contributed by atoms with Crippen molar-refractivity contribution in [1.29, 1.82) is 0 Å². The van der Waals surface area contributed by atoms with Gasteiger partial charge in [0.25, 0.3) is 5.69 Å². The molecule has 1 heterocycles. The number of halogens is 1. The number of rotatable bonds is 4. The van der Waals surface area contributed by atoms with Crippen LogP contribution in [0, 0.1) is 10.1 Å². The highest BCUT2D eigenvalue weighted by Crippen LogP contribution is 2.33. The molecule has 0 aliphatic carbocycles. The monoisotopic (exact) mass is 375 g/mol. The zero-order chi connectivity index (χ0) is 18.8. The molecule has 3 aromatic carbocycles. The van der Waals surface area contributed by atoms with Gasteiger partial charge >= 0.3 is 0 Å². The SMILES string of the molecule is O=[N+]([O-])c1ccc(Cl)cc1-n1nc(-c2ccccc2)cc1-c1ccccc1. The van der Waals surface area contributed by atoms with E-state index in [2.05, 4.69) is 5.10 Å². The van der Waals surface area contributed by atoms with E-state index in [0.717, 1.165) is 22.5 Å². The van der Waals surface area contributed by atoms with Crippen LogP contribution in [0.3, 0.4) is 0 Å². The number of hydrogen-bond donors (Lipinski definition) is 0. The number of aromatic nitrogens is 2. The Kier molecular flexibility index (Phi) is 4.44. The Hall–Kier alpha value is -3.44. The van der Waals surface area contributed by atoms with Crippen LogP contribution in [-0.4, -0.2) is 14.7 Å².